The van der Waals surface area contributed by atoms with Gasteiger partial charge in [-0.05, 0) is 56.7 Å². The van der Waals surface area contributed by atoms with E-state index < -0.39 is 15.9 Å². The fourth-order valence-electron chi connectivity index (χ4n) is 3.24. The molecule has 2 atom stereocenters. The number of nitrogens with zero attached hydrogens (tertiary/aromatic N) is 1. The lowest BCUT2D eigenvalue weighted by molar-refractivity contribution is -0.0440. The van der Waals surface area contributed by atoms with Gasteiger partial charge in [0.1, 0.15) is 0 Å². The molecule has 0 unspecified atom stereocenters. The number of benzene rings is 2. The maximum atomic E-state index is 13.1. The summed E-state index contributed by atoms with van der Waals surface area (Å²) in [6.07, 6.45) is -0.398. The molecule has 1 fully saturated rings. The van der Waals surface area contributed by atoms with Crippen molar-refractivity contribution < 1.29 is 17.9 Å². The Labute approximate surface area is 170 Å². The summed E-state index contributed by atoms with van der Waals surface area (Å²) >= 11 is 6.18. The van der Waals surface area contributed by atoms with Crippen LogP contribution in [0.15, 0.2) is 47.4 Å². The highest BCUT2D eigenvalue weighted by molar-refractivity contribution is 7.89. The Bertz CT molecular complexity index is 983. The molecule has 0 saturated carbocycles. The fourth-order valence-corrected chi connectivity index (χ4v) is 5.06. The van der Waals surface area contributed by atoms with Crippen molar-refractivity contribution in [3.8, 4) is 0 Å². The first-order valence-electron chi connectivity index (χ1n) is 9.00. The largest absolute Gasteiger partial charge is 0.373 e. The van der Waals surface area contributed by atoms with Crippen molar-refractivity contribution in [1.82, 2.24) is 4.31 Å². The first-order chi connectivity index (χ1) is 13.2. The summed E-state index contributed by atoms with van der Waals surface area (Å²) in [5.74, 6) is -0.462. The zero-order chi connectivity index (χ0) is 20.5. The molecule has 1 amide bonds. The van der Waals surface area contributed by atoms with Gasteiger partial charge in [0.05, 0.1) is 27.7 Å². The number of rotatable bonds is 4. The molecule has 1 N–H and O–H groups in total. The fraction of sp³-hybridized carbons (Fsp3) is 0.350. The quantitative estimate of drug-likeness (QED) is 0.815. The van der Waals surface area contributed by atoms with Gasteiger partial charge in [0, 0.05) is 18.8 Å². The topological polar surface area (TPSA) is 75.7 Å². The SMILES string of the molecule is Cc1cccc(NC(=O)c2cc(S(=O)(=O)N3C[C@H](C)O[C@@H](C)C3)ccc2Cl)c1. The predicted molar refractivity (Wildman–Crippen MR) is 109 cm³/mol. The minimum absolute atomic E-state index is 0.0348. The molecule has 2 aromatic carbocycles. The number of anilines is 1. The minimum Gasteiger partial charge on any atom is -0.373 e. The second-order valence-corrected chi connectivity index (χ2v) is 9.39. The summed E-state index contributed by atoms with van der Waals surface area (Å²) in [4.78, 5) is 12.7. The minimum atomic E-state index is -3.77. The summed E-state index contributed by atoms with van der Waals surface area (Å²) in [5, 5.41) is 2.95. The number of aryl methyl sites for hydroxylation is 1. The molecule has 1 heterocycles. The number of hydrogen-bond donors (Lipinski definition) is 1. The molecule has 3 rings (SSSR count). The van der Waals surface area contributed by atoms with E-state index in [4.69, 9.17) is 16.3 Å². The smallest absolute Gasteiger partial charge is 0.257 e. The van der Waals surface area contributed by atoms with Crippen LogP contribution in [0.25, 0.3) is 0 Å². The average molecular weight is 423 g/mol. The number of hydrogen-bond acceptors (Lipinski definition) is 4. The standard InChI is InChI=1S/C20H23ClN2O4S/c1-13-5-4-6-16(9-13)22-20(24)18-10-17(7-8-19(18)21)28(25,26)23-11-14(2)27-15(3)12-23/h4-10,14-15H,11-12H2,1-3H3,(H,22,24)/t14-,15-/m0/s1. The predicted octanol–water partition coefficient (Wildman–Crippen LogP) is 3.70. The lowest BCUT2D eigenvalue weighted by Crippen LogP contribution is -2.48. The normalized spacial score (nSPS) is 20.7. The summed E-state index contributed by atoms with van der Waals surface area (Å²) in [6.45, 7) is 6.11. The van der Waals surface area contributed by atoms with Crippen molar-refractivity contribution in [2.24, 2.45) is 0 Å². The molecule has 8 heteroatoms. The van der Waals surface area contributed by atoms with E-state index in [0.717, 1.165) is 5.56 Å². The number of carbonyl (C=O) groups is 1. The molecule has 1 aliphatic heterocycles. The number of morpholine rings is 1. The highest BCUT2D eigenvalue weighted by Crippen LogP contribution is 2.26. The highest BCUT2D eigenvalue weighted by Gasteiger charge is 2.32. The van der Waals surface area contributed by atoms with Crippen molar-refractivity contribution in [2.75, 3.05) is 18.4 Å². The molecule has 150 valence electrons. The van der Waals surface area contributed by atoms with E-state index in [0.29, 0.717) is 5.69 Å². The van der Waals surface area contributed by atoms with Crippen molar-refractivity contribution in [3.63, 3.8) is 0 Å². The molecular weight excluding hydrogens is 400 g/mol. The van der Waals surface area contributed by atoms with Crippen LogP contribution in [0, 0.1) is 6.92 Å². The Morgan fingerprint density at radius 1 is 1.14 bits per heavy atom. The van der Waals surface area contributed by atoms with Crippen LogP contribution in [0.1, 0.15) is 29.8 Å². The summed E-state index contributed by atoms with van der Waals surface area (Å²) < 4.78 is 33.1. The molecule has 28 heavy (non-hydrogen) atoms. The van der Waals surface area contributed by atoms with E-state index >= 15 is 0 Å². The van der Waals surface area contributed by atoms with Gasteiger partial charge in [-0.2, -0.15) is 4.31 Å². The Morgan fingerprint density at radius 2 is 1.82 bits per heavy atom. The lowest BCUT2D eigenvalue weighted by atomic mass is 10.2. The van der Waals surface area contributed by atoms with Crippen LogP contribution in [0.2, 0.25) is 5.02 Å². The van der Waals surface area contributed by atoms with E-state index in [2.05, 4.69) is 5.32 Å². The molecule has 0 bridgehead atoms. The Kier molecular flexibility index (Phi) is 6.09. The third kappa shape index (κ3) is 4.55. The van der Waals surface area contributed by atoms with E-state index in [9.17, 15) is 13.2 Å². The van der Waals surface area contributed by atoms with Gasteiger partial charge >= 0.3 is 0 Å². The Hall–Kier alpha value is -1.93. The summed E-state index contributed by atoms with van der Waals surface area (Å²) in [7, 11) is -3.77. The highest BCUT2D eigenvalue weighted by atomic mass is 35.5. The van der Waals surface area contributed by atoms with Gasteiger partial charge in [-0.1, -0.05) is 23.7 Å². The Balaban J connectivity index is 1.89. The molecule has 1 saturated heterocycles. The molecule has 1 aliphatic rings. The second-order valence-electron chi connectivity index (χ2n) is 7.04. The van der Waals surface area contributed by atoms with E-state index in [1.165, 1.54) is 22.5 Å². The van der Waals surface area contributed by atoms with Crippen LogP contribution in [0.3, 0.4) is 0 Å². The van der Waals surface area contributed by atoms with Gasteiger partial charge in [-0.3, -0.25) is 4.79 Å². The van der Waals surface area contributed by atoms with Crippen LogP contribution in [0.4, 0.5) is 5.69 Å². The maximum absolute atomic E-state index is 13.1. The van der Waals surface area contributed by atoms with Gasteiger partial charge in [-0.15, -0.1) is 0 Å². The van der Waals surface area contributed by atoms with Crippen LogP contribution in [0.5, 0.6) is 0 Å². The van der Waals surface area contributed by atoms with Gasteiger partial charge in [0.2, 0.25) is 10.0 Å². The number of halogens is 1. The first kappa shape index (κ1) is 20.8. The Morgan fingerprint density at radius 3 is 2.46 bits per heavy atom. The van der Waals surface area contributed by atoms with Crippen molar-refractivity contribution in [3.05, 3.63) is 58.6 Å². The monoisotopic (exact) mass is 422 g/mol. The van der Waals surface area contributed by atoms with Gasteiger partial charge in [0.25, 0.3) is 5.91 Å². The van der Waals surface area contributed by atoms with E-state index in [-0.39, 0.29) is 40.8 Å². The van der Waals surface area contributed by atoms with Crippen LogP contribution < -0.4 is 5.32 Å². The molecule has 0 spiro atoms. The maximum Gasteiger partial charge on any atom is 0.257 e. The summed E-state index contributed by atoms with van der Waals surface area (Å²) in [6, 6.07) is 11.5. The second kappa shape index (κ2) is 8.21. The first-order valence-corrected chi connectivity index (χ1v) is 10.8. The van der Waals surface area contributed by atoms with E-state index in [1.807, 2.05) is 39.0 Å². The number of amides is 1. The molecule has 0 aromatic heterocycles. The van der Waals surface area contributed by atoms with Crippen molar-refractivity contribution >= 4 is 33.2 Å². The molecular formula is C20H23ClN2O4S. The zero-order valence-corrected chi connectivity index (χ0v) is 17.5. The molecule has 0 aliphatic carbocycles. The number of nitrogens with one attached hydrogen (secondary N) is 1. The summed E-state index contributed by atoms with van der Waals surface area (Å²) in [5.41, 5.74) is 1.72. The third-order valence-electron chi connectivity index (χ3n) is 4.48. The zero-order valence-electron chi connectivity index (χ0n) is 16.0. The van der Waals surface area contributed by atoms with Gasteiger partial charge in [0.15, 0.2) is 0 Å². The van der Waals surface area contributed by atoms with Crippen LogP contribution in [-0.2, 0) is 14.8 Å². The number of ether oxygens (including phenoxy) is 1. The average Bonchev–Trinajstić information content (AvgIpc) is 2.61. The van der Waals surface area contributed by atoms with E-state index in [1.54, 1.807) is 6.07 Å². The number of sulfonamides is 1. The van der Waals surface area contributed by atoms with Crippen LogP contribution in [-0.4, -0.2) is 43.9 Å². The van der Waals surface area contributed by atoms with Crippen molar-refractivity contribution in [2.45, 2.75) is 37.9 Å². The molecule has 6 nitrogen and oxygen atoms in total. The van der Waals surface area contributed by atoms with Gasteiger partial charge in [-0.25, -0.2) is 8.42 Å². The van der Waals surface area contributed by atoms with Crippen molar-refractivity contribution in [1.29, 1.82) is 0 Å². The molecule has 2 aromatic rings. The molecule has 0 radical (unpaired) electrons. The van der Waals surface area contributed by atoms with Gasteiger partial charge < -0.3 is 10.1 Å². The number of carbonyl (C=O) groups excluding carboxylic acids is 1. The third-order valence-corrected chi connectivity index (χ3v) is 6.64. The van der Waals surface area contributed by atoms with Crippen LogP contribution >= 0.6 is 11.6 Å². The lowest BCUT2D eigenvalue weighted by Gasteiger charge is -2.34.